The molecule has 0 aliphatic heterocycles. The third kappa shape index (κ3) is 8.84. The van der Waals surface area contributed by atoms with Gasteiger partial charge >= 0.3 is 0 Å². The topological polar surface area (TPSA) is 130 Å². The molecule has 0 spiro atoms. The van der Waals surface area contributed by atoms with Crippen LogP contribution in [0.3, 0.4) is 0 Å². The molecule has 3 aromatic rings. The molecule has 12 heteroatoms. The van der Waals surface area contributed by atoms with Crippen molar-refractivity contribution in [3.63, 3.8) is 0 Å². The number of carbonyl (C=O) groups excluding carboxylic acids is 2. The first kappa shape index (κ1) is 32.2. The molecule has 0 radical (unpaired) electrons. The molecule has 224 valence electrons. The minimum absolute atomic E-state index is 0.0196. The van der Waals surface area contributed by atoms with E-state index in [1.807, 2.05) is 37.3 Å². The minimum Gasteiger partial charge on any atom is -0.354 e. The summed E-state index contributed by atoms with van der Waals surface area (Å²) in [4.78, 5) is 39.7. The number of benzene rings is 3. The molecular formula is C30H35FN4O6S. The monoisotopic (exact) mass is 598 g/mol. The van der Waals surface area contributed by atoms with E-state index < -0.39 is 45.2 Å². The highest BCUT2D eigenvalue weighted by Crippen LogP contribution is 2.28. The number of nitrogens with one attached hydrogen (secondary N) is 1. The standard InChI is InChI=1S/C30H35FN4O6S/c1-4-5-17-32-30(37)28(18-23-9-7-6-8-10-23)33(20-24-12-14-25(31)15-13-24)29(36)21-34(42(3,40)41)27-19-26(35(38)39)16-11-22(27)2/h6-16,19,28H,4-5,17-18,20-21H2,1-3H3,(H,32,37)/t28-/m0/s1. The van der Waals surface area contributed by atoms with Gasteiger partial charge in [-0.05, 0) is 42.2 Å². The van der Waals surface area contributed by atoms with Crippen molar-refractivity contribution in [1.29, 1.82) is 0 Å². The number of amides is 2. The quantitative estimate of drug-likeness (QED) is 0.167. The van der Waals surface area contributed by atoms with Crippen LogP contribution in [-0.2, 0) is 32.6 Å². The zero-order valence-corrected chi connectivity index (χ0v) is 24.6. The molecule has 2 amide bonds. The van der Waals surface area contributed by atoms with Gasteiger partial charge < -0.3 is 10.2 Å². The number of nitro benzene ring substituents is 1. The lowest BCUT2D eigenvalue weighted by Crippen LogP contribution is -2.53. The third-order valence-electron chi connectivity index (χ3n) is 6.72. The molecule has 10 nitrogen and oxygen atoms in total. The number of hydrogen-bond donors (Lipinski definition) is 1. The van der Waals surface area contributed by atoms with Crippen molar-refractivity contribution in [2.24, 2.45) is 0 Å². The number of nitrogens with zero attached hydrogens (tertiary/aromatic N) is 3. The van der Waals surface area contributed by atoms with Crippen molar-refractivity contribution in [3.05, 3.63) is 105 Å². The first-order valence-electron chi connectivity index (χ1n) is 13.5. The fourth-order valence-corrected chi connectivity index (χ4v) is 5.32. The SMILES string of the molecule is CCCCNC(=O)[C@H](Cc1ccccc1)N(Cc1ccc(F)cc1)C(=O)CN(c1cc([N+](=O)[O-])ccc1C)S(C)(=O)=O. The molecule has 1 N–H and O–H groups in total. The Morgan fingerprint density at radius 3 is 2.29 bits per heavy atom. The Morgan fingerprint density at radius 2 is 1.69 bits per heavy atom. The Bertz CT molecular complexity index is 1500. The van der Waals surface area contributed by atoms with E-state index in [1.54, 1.807) is 6.92 Å². The first-order valence-corrected chi connectivity index (χ1v) is 15.3. The van der Waals surface area contributed by atoms with Crippen LogP contribution in [0.1, 0.15) is 36.5 Å². The Morgan fingerprint density at radius 1 is 1.02 bits per heavy atom. The molecule has 0 bridgehead atoms. The van der Waals surface area contributed by atoms with Crippen LogP contribution in [-0.4, -0.2) is 55.4 Å². The molecule has 0 heterocycles. The second-order valence-electron chi connectivity index (χ2n) is 10.00. The number of unbranched alkanes of at least 4 members (excludes halogenated alkanes) is 1. The fourth-order valence-electron chi connectivity index (χ4n) is 4.42. The number of rotatable bonds is 14. The zero-order chi connectivity index (χ0) is 30.9. The summed E-state index contributed by atoms with van der Waals surface area (Å²) in [6.45, 7) is 3.13. The second-order valence-corrected chi connectivity index (χ2v) is 11.9. The van der Waals surface area contributed by atoms with Crippen LogP contribution in [0.2, 0.25) is 0 Å². The van der Waals surface area contributed by atoms with Gasteiger partial charge in [-0.3, -0.25) is 24.0 Å². The molecule has 0 saturated carbocycles. The second kappa shape index (κ2) is 14.5. The Hall–Kier alpha value is -4.32. The molecule has 0 aromatic heterocycles. The van der Waals surface area contributed by atoms with Gasteiger partial charge in [0.05, 0.1) is 16.9 Å². The van der Waals surface area contributed by atoms with E-state index in [0.29, 0.717) is 17.7 Å². The maximum Gasteiger partial charge on any atom is 0.271 e. The number of non-ortho nitro benzene ring substituents is 1. The van der Waals surface area contributed by atoms with Gasteiger partial charge in [-0.2, -0.15) is 0 Å². The smallest absolute Gasteiger partial charge is 0.271 e. The van der Waals surface area contributed by atoms with Gasteiger partial charge in [0.25, 0.3) is 5.69 Å². The third-order valence-corrected chi connectivity index (χ3v) is 7.84. The highest BCUT2D eigenvalue weighted by atomic mass is 32.2. The summed E-state index contributed by atoms with van der Waals surface area (Å²) < 4.78 is 40.4. The number of anilines is 1. The molecule has 3 rings (SSSR count). The van der Waals surface area contributed by atoms with E-state index in [4.69, 9.17) is 0 Å². The summed E-state index contributed by atoms with van der Waals surface area (Å²) in [6, 6.07) is 17.3. The Kier molecular flexibility index (Phi) is 11.1. The van der Waals surface area contributed by atoms with Crippen molar-refractivity contribution < 1.29 is 27.3 Å². The van der Waals surface area contributed by atoms with Gasteiger partial charge in [-0.15, -0.1) is 0 Å². The fraction of sp³-hybridized carbons (Fsp3) is 0.333. The number of halogens is 1. The van der Waals surface area contributed by atoms with Gasteiger partial charge in [0, 0.05) is 31.6 Å². The van der Waals surface area contributed by atoms with Crippen molar-refractivity contribution in [2.45, 2.75) is 45.7 Å². The van der Waals surface area contributed by atoms with Gasteiger partial charge in [-0.25, -0.2) is 12.8 Å². The van der Waals surface area contributed by atoms with Crippen LogP contribution in [0.4, 0.5) is 15.8 Å². The van der Waals surface area contributed by atoms with Crippen LogP contribution in [0, 0.1) is 22.9 Å². The summed E-state index contributed by atoms with van der Waals surface area (Å²) in [5.41, 5.74) is 1.36. The average Bonchev–Trinajstić information content (AvgIpc) is 2.95. The highest BCUT2D eigenvalue weighted by Gasteiger charge is 2.33. The van der Waals surface area contributed by atoms with E-state index in [0.717, 1.165) is 35.0 Å². The molecule has 0 aliphatic rings. The molecule has 0 unspecified atom stereocenters. The van der Waals surface area contributed by atoms with E-state index in [2.05, 4.69) is 5.32 Å². The molecular weight excluding hydrogens is 563 g/mol. The predicted molar refractivity (Wildman–Crippen MR) is 159 cm³/mol. The van der Waals surface area contributed by atoms with Gasteiger partial charge in [0.15, 0.2) is 0 Å². The number of aryl methyl sites for hydroxylation is 1. The van der Waals surface area contributed by atoms with E-state index in [-0.39, 0.29) is 24.3 Å². The van der Waals surface area contributed by atoms with Crippen LogP contribution in [0.25, 0.3) is 0 Å². The largest absolute Gasteiger partial charge is 0.354 e. The van der Waals surface area contributed by atoms with Crippen LogP contribution < -0.4 is 9.62 Å². The summed E-state index contributed by atoms with van der Waals surface area (Å²) in [6.07, 6.45) is 2.61. The van der Waals surface area contributed by atoms with Crippen molar-refractivity contribution in [1.82, 2.24) is 10.2 Å². The van der Waals surface area contributed by atoms with Crippen LogP contribution in [0.15, 0.2) is 72.8 Å². The first-order chi connectivity index (χ1) is 19.9. The normalized spacial score (nSPS) is 11.9. The summed E-state index contributed by atoms with van der Waals surface area (Å²) >= 11 is 0. The van der Waals surface area contributed by atoms with E-state index in [1.165, 1.54) is 41.3 Å². The Labute approximate surface area is 245 Å². The average molecular weight is 599 g/mol. The molecule has 3 aromatic carbocycles. The molecule has 0 fully saturated rings. The predicted octanol–water partition coefficient (Wildman–Crippen LogP) is 4.36. The molecule has 0 aliphatic carbocycles. The summed E-state index contributed by atoms with van der Waals surface area (Å²) in [7, 11) is -4.10. The number of carbonyl (C=O) groups is 2. The van der Waals surface area contributed by atoms with Crippen molar-refractivity contribution >= 4 is 33.2 Å². The van der Waals surface area contributed by atoms with E-state index >= 15 is 0 Å². The van der Waals surface area contributed by atoms with Gasteiger partial charge in [0.2, 0.25) is 21.8 Å². The van der Waals surface area contributed by atoms with E-state index in [9.17, 15) is 32.5 Å². The lowest BCUT2D eigenvalue weighted by Gasteiger charge is -2.33. The van der Waals surface area contributed by atoms with Crippen molar-refractivity contribution in [2.75, 3.05) is 23.7 Å². The number of sulfonamides is 1. The molecule has 0 saturated heterocycles. The lowest BCUT2D eigenvalue weighted by molar-refractivity contribution is -0.384. The maximum absolute atomic E-state index is 14.1. The molecule has 42 heavy (non-hydrogen) atoms. The van der Waals surface area contributed by atoms with Gasteiger partial charge in [-0.1, -0.05) is 61.9 Å². The summed E-state index contributed by atoms with van der Waals surface area (Å²) in [5.74, 6) is -1.60. The Balaban J connectivity index is 2.08. The highest BCUT2D eigenvalue weighted by molar-refractivity contribution is 7.92. The van der Waals surface area contributed by atoms with Crippen molar-refractivity contribution in [3.8, 4) is 0 Å². The maximum atomic E-state index is 14.1. The van der Waals surface area contributed by atoms with Gasteiger partial charge in [0.1, 0.15) is 18.4 Å². The lowest BCUT2D eigenvalue weighted by atomic mass is 10.0. The molecule has 1 atom stereocenters. The number of nitro groups is 1. The number of hydrogen-bond acceptors (Lipinski definition) is 6. The van der Waals surface area contributed by atoms with Crippen LogP contribution >= 0.6 is 0 Å². The minimum atomic E-state index is -4.10. The van der Waals surface area contributed by atoms with Crippen LogP contribution in [0.5, 0.6) is 0 Å². The zero-order valence-electron chi connectivity index (χ0n) is 23.8. The summed E-state index contributed by atoms with van der Waals surface area (Å²) in [5, 5.41) is 14.3.